The number of carbonyl (C=O) groups excluding carboxylic acids is 2. The molecule has 0 heterocycles. The van der Waals surface area contributed by atoms with E-state index in [2.05, 4.69) is 15.8 Å². The summed E-state index contributed by atoms with van der Waals surface area (Å²) in [6.45, 7) is 2.40. The Hall–Kier alpha value is -2.17. The van der Waals surface area contributed by atoms with Gasteiger partial charge in [-0.25, -0.2) is 5.43 Å². The van der Waals surface area contributed by atoms with Crippen LogP contribution in [0.3, 0.4) is 0 Å². The number of amides is 2. The minimum atomic E-state index is -0.250. The highest BCUT2D eigenvalue weighted by atomic mass is 16.2. The molecule has 2 N–H and O–H groups in total. The van der Waals surface area contributed by atoms with E-state index in [1.165, 1.54) is 0 Å². The second-order valence-corrected chi connectivity index (χ2v) is 4.02. The van der Waals surface area contributed by atoms with Gasteiger partial charge < -0.3 is 5.32 Å². The van der Waals surface area contributed by atoms with Crippen molar-refractivity contribution in [2.75, 3.05) is 0 Å². The molecule has 0 saturated carbocycles. The zero-order valence-corrected chi connectivity index (χ0v) is 11.1. The van der Waals surface area contributed by atoms with Crippen LogP contribution in [0.4, 0.5) is 0 Å². The summed E-state index contributed by atoms with van der Waals surface area (Å²) >= 11 is 0. The average Bonchev–Trinajstić information content (AvgIpc) is 2.44. The lowest BCUT2D eigenvalue weighted by Gasteiger charge is -2.04. The van der Waals surface area contributed by atoms with E-state index in [0.29, 0.717) is 6.54 Å². The predicted octanol–water partition coefficient (Wildman–Crippen LogP) is 1.59. The van der Waals surface area contributed by atoms with Gasteiger partial charge in [-0.2, -0.15) is 5.10 Å². The Labute approximate surface area is 113 Å². The van der Waals surface area contributed by atoms with Gasteiger partial charge >= 0.3 is 0 Å². The lowest BCUT2D eigenvalue weighted by molar-refractivity contribution is -0.126. The Balaban J connectivity index is 2.17. The molecule has 0 aromatic heterocycles. The molecule has 102 valence electrons. The number of hydrazone groups is 1. The van der Waals surface area contributed by atoms with Gasteiger partial charge in [0.1, 0.15) is 0 Å². The van der Waals surface area contributed by atoms with Gasteiger partial charge in [0.05, 0.1) is 0 Å². The molecule has 1 aromatic rings. The van der Waals surface area contributed by atoms with Gasteiger partial charge in [0, 0.05) is 25.6 Å². The van der Waals surface area contributed by atoms with Gasteiger partial charge in [-0.05, 0) is 12.0 Å². The van der Waals surface area contributed by atoms with Crippen molar-refractivity contribution < 1.29 is 9.59 Å². The van der Waals surface area contributed by atoms with E-state index in [-0.39, 0.29) is 24.7 Å². The normalized spacial score (nSPS) is 10.4. The molecule has 0 bridgehead atoms. The monoisotopic (exact) mass is 261 g/mol. The Morgan fingerprint density at radius 1 is 1.16 bits per heavy atom. The summed E-state index contributed by atoms with van der Waals surface area (Å²) in [5.74, 6) is -0.391. The number of benzene rings is 1. The lowest BCUT2D eigenvalue weighted by Crippen LogP contribution is -2.25. The number of nitrogens with zero attached hydrogens (tertiary/aromatic N) is 1. The second kappa shape index (κ2) is 8.85. The molecular weight excluding hydrogens is 242 g/mol. The minimum Gasteiger partial charge on any atom is -0.352 e. The largest absolute Gasteiger partial charge is 0.352 e. The molecule has 1 rings (SSSR count). The summed E-state index contributed by atoms with van der Waals surface area (Å²) in [6, 6.07) is 9.63. The first-order valence-electron chi connectivity index (χ1n) is 6.33. The van der Waals surface area contributed by atoms with E-state index in [1.807, 2.05) is 37.3 Å². The maximum atomic E-state index is 11.5. The summed E-state index contributed by atoms with van der Waals surface area (Å²) in [5.41, 5.74) is 3.40. The van der Waals surface area contributed by atoms with E-state index in [9.17, 15) is 9.59 Å². The molecule has 0 unspecified atom stereocenters. The topological polar surface area (TPSA) is 70.6 Å². The van der Waals surface area contributed by atoms with Crippen molar-refractivity contribution in [3.63, 3.8) is 0 Å². The first-order valence-corrected chi connectivity index (χ1v) is 6.33. The maximum Gasteiger partial charge on any atom is 0.240 e. The number of hydrogen-bond acceptors (Lipinski definition) is 3. The van der Waals surface area contributed by atoms with Crippen molar-refractivity contribution >= 4 is 18.0 Å². The van der Waals surface area contributed by atoms with Gasteiger partial charge in [-0.15, -0.1) is 0 Å². The molecular formula is C14H19N3O2. The fourth-order valence-corrected chi connectivity index (χ4v) is 1.38. The molecule has 0 fully saturated rings. The molecule has 5 heteroatoms. The van der Waals surface area contributed by atoms with Crippen LogP contribution >= 0.6 is 0 Å². The maximum absolute atomic E-state index is 11.5. The molecule has 5 nitrogen and oxygen atoms in total. The number of nitrogens with one attached hydrogen (secondary N) is 2. The van der Waals surface area contributed by atoms with E-state index in [1.54, 1.807) is 6.21 Å². The quantitative estimate of drug-likeness (QED) is 0.578. The fourth-order valence-electron chi connectivity index (χ4n) is 1.38. The van der Waals surface area contributed by atoms with E-state index in [4.69, 9.17) is 0 Å². The molecule has 0 atom stereocenters. The summed E-state index contributed by atoms with van der Waals surface area (Å²) in [7, 11) is 0. The highest BCUT2D eigenvalue weighted by Crippen LogP contribution is 1.98. The molecule has 2 amide bonds. The zero-order valence-electron chi connectivity index (χ0n) is 11.1. The smallest absolute Gasteiger partial charge is 0.240 e. The Bertz CT molecular complexity index is 430. The van der Waals surface area contributed by atoms with Crippen molar-refractivity contribution in [3.8, 4) is 0 Å². The van der Waals surface area contributed by atoms with Gasteiger partial charge in [-0.1, -0.05) is 37.3 Å². The molecule has 0 saturated heterocycles. The molecule has 0 aliphatic heterocycles. The second-order valence-electron chi connectivity index (χ2n) is 4.02. The standard InChI is InChI=1S/C14H19N3O2/c1-2-10-16-17-14(19)9-8-13(18)15-11-12-6-4-3-5-7-12/h3-7,10H,2,8-9,11H2,1H3,(H,15,18)(H,17,19). The number of rotatable bonds is 7. The highest BCUT2D eigenvalue weighted by Gasteiger charge is 2.05. The molecule has 0 aliphatic carbocycles. The first-order chi connectivity index (χ1) is 9.22. The Kier molecular flexibility index (Phi) is 6.94. The van der Waals surface area contributed by atoms with Crippen LogP contribution in [0.2, 0.25) is 0 Å². The molecule has 0 aliphatic rings. The van der Waals surface area contributed by atoms with Crippen LogP contribution in [0.5, 0.6) is 0 Å². The van der Waals surface area contributed by atoms with Crippen molar-refractivity contribution in [1.29, 1.82) is 0 Å². The third-order valence-electron chi connectivity index (χ3n) is 2.37. The van der Waals surface area contributed by atoms with E-state index >= 15 is 0 Å². The van der Waals surface area contributed by atoms with Crippen LogP contribution in [-0.4, -0.2) is 18.0 Å². The van der Waals surface area contributed by atoms with Crippen LogP contribution in [0.15, 0.2) is 35.4 Å². The number of hydrogen-bond donors (Lipinski definition) is 2. The average molecular weight is 261 g/mol. The van der Waals surface area contributed by atoms with Crippen molar-refractivity contribution in [2.45, 2.75) is 32.7 Å². The SMILES string of the molecule is CCC=NNC(=O)CCC(=O)NCc1ccccc1. The lowest BCUT2D eigenvalue weighted by atomic mass is 10.2. The van der Waals surface area contributed by atoms with Crippen LogP contribution in [-0.2, 0) is 16.1 Å². The van der Waals surface area contributed by atoms with Crippen LogP contribution in [0, 0.1) is 0 Å². The van der Waals surface area contributed by atoms with Crippen LogP contribution in [0.25, 0.3) is 0 Å². The van der Waals surface area contributed by atoms with Crippen LogP contribution in [0.1, 0.15) is 31.7 Å². The summed E-state index contributed by atoms with van der Waals surface area (Å²) < 4.78 is 0. The number of carbonyl (C=O) groups is 2. The molecule has 1 aromatic carbocycles. The first kappa shape index (κ1) is 14.9. The van der Waals surface area contributed by atoms with E-state index < -0.39 is 0 Å². The van der Waals surface area contributed by atoms with Crippen molar-refractivity contribution in [2.24, 2.45) is 5.10 Å². The van der Waals surface area contributed by atoms with Gasteiger partial charge in [0.25, 0.3) is 0 Å². The molecule has 19 heavy (non-hydrogen) atoms. The van der Waals surface area contributed by atoms with Crippen LogP contribution < -0.4 is 10.7 Å². The Morgan fingerprint density at radius 2 is 1.84 bits per heavy atom. The summed E-state index contributed by atoms with van der Waals surface area (Å²) in [6.07, 6.45) is 2.67. The predicted molar refractivity (Wildman–Crippen MR) is 74.4 cm³/mol. The van der Waals surface area contributed by atoms with E-state index in [0.717, 1.165) is 12.0 Å². The Morgan fingerprint density at radius 3 is 2.53 bits per heavy atom. The molecule has 0 radical (unpaired) electrons. The van der Waals surface area contributed by atoms with Crippen molar-refractivity contribution in [3.05, 3.63) is 35.9 Å². The third-order valence-corrected chi connectivity index (χ3v) is 2.37. The minimum absolute atomic E-state index is 0.140. The van der Waals surface area contributed by atoms with Gasteiger partial charge in [0.15, 0.2) is 0 Å². The van der Waals surface area contributed by atoms with Gasteiger partial charge in [0.2, 0.25) is 11.8 Å². The van der Waals surface area contributed by atoms with Gasteiger partial charge in [-0.3, -0.25) is 9.59 Å². The van der Waals surface area contributed by atoms with Crippen molar-refractivity contribution in [1.82, 2.24) is 10.7 Å². The summed E-state index contributed by atoms with van der Waals surface area (Å²) in [4.78, 5) is 22.8. The third kappa shape index (κ3) is 6.98. The fraction of sp³-hybridized carbons (Fsp3) is 0.357. The zero-order chi connectivity index (χ0) is 13.9. The highest BCUT2D eigenvalue weighted by molar-refractivity contribution is 5.83. The molecule has 0 spiro atoms. The summed E-state index contributed by atoms with van der Waals surface area (Å²) in [5, 5.41) is 6.47.